The van der Waals surface area contributed by atoms with Crippen LogP contribution in [0.5, 0.6) is 5.75 Å². The van der Waals surface area contributed by atoms with E-state index in [1.54, 1.807) is 0 Å². The van der Waals surface area contributed by atoms with Crippen molar-refractivity contribution < 1.29 is 18.7 Å². The third-order valence-electron chi connectivity index (χ3n) is 5.02. The van der Waals surface area contributed by atoms with Crippen molar-refractivity contribution >= 4 is 28.6 Å². The van der Waals surface area contributed by atoms with Crippen LogP contribution in [0, 0.1) is 12.7 Å². The van der Waals surface area contributed by atoms with E-state index in [0.29, 0.717) is 17.6 Å². The number of fused-ring (bicyclic) bond motifs is 1. The van der Waals surface area contributed by atoms with Crippen LogP contribution >= 0.6 is 11.6 Å². The standard InChI is InChI=1S/C23H19ClFN3O3/c1-13-11-16-19(23(29)31-3)26-21(15-9-10-17(24)20(30-2)18(15)25)27-22(16)28(13)12-14-7-5-4-6-8-14/h4-11H,12H2,1-3H3. The molecule has 2 heterocycles. The van der Waals surface area contributed by atoms with E-state index in [4.69, 9.17) is 21.1 Å². The van der Waals surface area contributed by atoms with Gasteiger partial charge in [0.05, 0.1) is 30.2 Å². The van der Waals surface area contributed by atoms with Gasteiger partial charge in [-0.05, 0) is 30.7 Å². The number of aryl methyl sites for hydroxylation is 1. The fourth-order valence-electron chi connectivity index (χ4n) is 3.48. The molecule has 0 aliphatic carbocycles. The molecular formula is C23H19ClFN3O3. The highest BCUT2D eigenvalue weighted by Gasteiger charge is 2.23. The smallest absolute Gasteiger partial charge is 0.357 e. The Hall–Kier alpha value is -3.45. The average molecular weight is 440 g/mol. The van der Waals surface area contributed by atoms with Crippen molar-refractivity contribution in [1.29, 1.82) is 0 Å². The molecule has 0 atom stereocenters. The molecule has 6 nitrogen and oxygen atoms in total. The summed E-state index contributed by atoms with van der Waals surface area (Å²) in [4.78, 5) is 21.4. The summed E-state index contributed by atoms with van der Waals surface area (Å²) in [5.41, 5.74) is 2.57. The quantitative estimate of drug-likeness (QED) is 0.407. The highest BCUT2D eigenvalue weighted by molar-refractivity contribution is 6.32. The van der Waals surface area contributed by atoms with Crippen LogP contribution in [0.1, 0.15) is 21.7 Å². The molecule has 0 saturated heterocycles. The Morgan fingerprint density at radius 3 is 2.55 bits per heavy atom. The molecule has 2 aromatic carbocycles. The number of hydrogen-bond acceptors (Lipinski definition) is 5. The Bertz CT molecular complexity index is 1290. The summed E-state index contributed by atoms with van der Waals surface area (Å²) in [7, 11) is 2.60. The predicted octanol–water partition coefficient (Wildman–Crippen LogP) is 5.04. The first-order valence-electron chi connectivity index (χ1n) is 9.47. The molecular weight excluding hydrogens is 421 g/mol. The fourth-order valence-corrected chi connectivity index (χ4v) is 3.70. The van der Waals surface area contributed by atoms with Gasteiger partial charge in [0.15, 0.2) is 23.1 Å². The monoisotopic (exact) mass is 439 g/mol. The molecule has 2 aromatic heterocycles. The maximum absolute atomic E-state index is 15.1. The number of benzene rings is 2. The average Bonchev–Trinajstić information content (AvgIpc) is 3.08. The van der Waals surface area contributed by atoms with E-state index in [0.717, 1.165) is 11.3 Å². The SMILES string of the molecule is COC(=O)c1nc(-c2ccc(Cl)c(OC)c2F)nc2c1cc(C)n2Cc1ccccc1. The summed E-state index contributed by atoms with van der Waals surface area (Å²) < 4.78 is 27.0. The second kappa shape index (κ2) is 8.35. The van der Waals surface area contributed by atoms with E-state index in [2.05, 4.69) is 9.97 Å². The molecule has 158 valence electrons. The number of aromatic nitrogens is 3. The minimum atomic E-state index is -0.706. The Labute approximate surface area is 183 Å². The van der Waals surface area contributed by atoms with Crippen molar-refractivity contribution in [3.05, 3.63) is 76.3 Å². The minimum Gasteiger partial charge on any atom is -0.492 e. The Morgan fingerprint density at radius 2 is 1.87 bits per heavy atom. The van der Waals surface area contributed by atoms with Gasteiger partial charge in [-0.15, -0.1) is 0 Å². The molecule has 31 heavy (non-hydrogen) atoms. The van der Waals surface area contributed by atoms with E-state index in [1.165, 1.54) is 26.4 Å². The fraction of sp³-hybridized carbons (Fsp3) is 0.174. The first kappa shape index (κ1) is 20.8. The van der Waals surface area contributed by atoms with Crippen LogP contribution in [0.2, 0.25) is 5.02 Å². The largest absolute Gasteiger partial charge is 0.492 e. The summed E-state index contributed by atoms with van der Waals surface area (Å²) in [5, 5.41) is 0.659. The lowest BCUT2D eigenvalue weighted by Gasteiger charge is -2.12. The van der Waals surface area contributed by atoms with Gasteiger partial charge in [-0.3, -0.25) is 0 Å². The van der Waals surface area contributed by atoms with Crippen LogP contribution in [0.25, 0.3) is 22.4 Å². The number of hydrogen-bond donors (Lipinski definition) is 0. The van der Waals surface area contributed by atoms with Gasteiger partial charge < -0.3 is 14.0 Å². The van der Waals surface area contributed by atoms with Crippen LogP contribution in [-0.4, -0.2) is 34.7 Å². The number of halogens is 2. The van der Waals surface area contributed by atoms with E-state index in [1.807, 2.05) is 47.9 Å². The van der Waals surface area contributed by atoms with Gasteiger partial charge in [0.2, 0.25) is 0 Å². The first-order valence-corrected chi connectivity index (χ1v) is 9.84. The summed E-state index contributed by atoms with van der Waals surface area (Å²) in [6.45, 7) is 2.44. The van der Waals surface area contributed by atoms with Crippen molar-refractivity contribution in [2.24, 2.45) is 0 Å². The molecule has 0 bridgehead atoms. The van der Waals surface area contributed by atoms with Gasteiger partial charge in [0.25, 0.3) is 0 Å². The van der Waals surface area contributed by atoms with Crippen molar-refractivity contribution in [2.75, 3.05) is 14.2 Å². The molecule has 0 N–H and O–H groups in total. The molecule has 0 spiro atoms. The van der Waals surface area contributed by atoms with Gasteiger partial charge in [0, 0.05) is 12.2 Å². The molecule has 0 radical (unpaired) electrons. The zero-order valence-electron chi connectivity index (χ0n) is 17.1. The lowest BCUT2D eigenvalue weighted by Crippen LogP contribution is -2.09. The molecule has 0 aliphatic heterocycles. The highest BCUT2D eigenvalue weighted by Crippen LogP contribution is 2.35. The highest BCUT2D eigenvalue weighted by atomic mass is 35.5. The number of ether oxygens (including phenoxy) is 2. The van der Waals surface area contributed by atoms with Crippen LogP contribution < -0.4 is 4.74 Å². The van der Waals surface area contributed by atoms with E-state index < -0.39 is 11.8 Å². The van der Waals surface area contributed by atoms with Crippen LogP contribution in [0.15, 0.2) is 48.5 Å². The van der Waals surface area contributed by atoms with Gasteiger partial charge in [-0.1, -0.05) is 41.9 Å². The van der Waals surface area contributed by atoms with Crippen LogP contribution in [0.4, 0.5) is 4.39 Å². The summed E-state index contributed by atoms with van der Waals surface area (Å²) in [5.74, 6) is -1.42. The van der Waals surface area contributed by atoms with Crippen LogP contribution in [-0.2, 0) is 11.3 Å². The number of nitrogens with zero attached hydrogens (tertiary/aromatic N) is 3. The van der Waals surface area contributed by atoms with E-state index >= 15 is 4.39 Å². The zero-order chi connectivity index (χ0) is 22.1. The van der Waals surface area contributed by atoms with Crippen molar-refractivity contribution in [3.8, 4) is 17.1 Å². The van der Waals surface area contributed by atoms with Crippen molar-refractivity contribution in [1.82, 2.24) is 14.5 Å². The van der Waals surface area contributed by atoms with E-state index in [-0.39, 0.29) is 27.9 Å². The topological polar surface area (TPSA) is 66.2 Å². The zero-order valence-corrected chi connectivity index (χ0v) is 17.9. The van der Waals surface area contributed by atoms with Crippen LogP contribution in [0.3, 0.4) is 0 Å². The number of esters is 1. The molecule has 8 heteroatoms. The summed E-state index contributed by atoms with van der Waals surface area (Å²) >= 11 is 6.02. The third kappa shape index (κ3) is 3.72. The summed E-state index contributed by atoms with van der Waals surface area (Å²) in [6, 6.07) is 14.6. The molecule has 0 saturated carbocycles. The maximum atomic E-state index is 15.1. The molecule has 0 aliphatic rings. The number of carbonyl (C=O) groups excluding carboxylic acids is 1. The van der Waals surface area contributed by atoms with Gasteiger partial charge >= 0.3 is 5.97 Å². The minimum absolute atomic E-state index is 0.0350. The Balaban J connectivity index is 1.98. The predicted molar refractivity (Wildman–Crippen MR) is 116 cm³/mol. The van der Waals surface area contributed by atoms with Gasteiger partial charge in [-0.25, -0.2) is 19.2 Å². The lowest BCUT2D eigenvalue weighted by molar-refractivity contribution is 0.0596. The summed E-state index contributed by atoms with van der Waals surface area (Å²) in [6.07, 6.45) is 0. The van der Waals surface area contributed by atoms with Crippen molar-refractivity contribution in [2.45, 2.75) is 13.5 Å². The Kier molecular flexibility index (Phi) is 5.61. The first-order chi connectivity index (χ1) is 14.9. The maximum Gasteiger partial charge on any atom is 0.357 e. The normalized spacial score (nSPS) is 11.0. The van der Waals surface area contributed by atoms with Crippen molar-refractivity contribution in [3.63, 3.8) is 0 Å². The number of rotatable bonds is 5. The van der Waals surface area contributed by atoms with Gasteiger partial charge in [-0.2, -0.15) is 0 Å². The molecule has 0 amide bonds. The van der Waals surface area contributed by atoms with E-state index in [9.17, 15) is 4.79 Å². The van der Waals surface area contributed by atoms with Gasteiger partial charge in [0.1, 0.15) is 5.65 Å². The number of methoxy groups -OCH3 is 2. The second-order valence-corrected chi connectivity index (χ2v) is 7.33. The molecule has 4 aromatic rings. The number of carbonyl (C=O) groups is 1. The second-order valence-electron chi connectivity index (χ2n) is 6.92. The molecule has 4 rings (SSSR count). The molecule has 0 fully saturated rings. The third-order valence-corrected chi connectivity index (χ3v) is 5.31. The Morgan fingerprint density at radius 1 is 1.13 bits per heavy atom. The lowest BCUT2D eigenvalue weighted by atomic mass is 10.1. The molecule has 0 unspecified atom stereocenters.